The van der Waals surface area contributed by atoms with Gasteiger partial charge in [-0.05, 0) is 33.2 Å². The zero-order valence-electron chi connectivity index (χ0n) is 8.84. The van der Waals surface area contributed by atoms with E-state index in [2.05, 4.69) is 19.2 Å². The van der Waals surface area contributed by atoms with Crippen molar-refractivity contribution in [2.24, 2.45) is 0 Å². The SMILES string of the molecule is CC(=O)N(CC1CCCN1)C(C)C. The summed E-state index contributed by atoms with van der Waals surface area (Å²) in [6.07, 6.45) is 2.45. The summed E-state index contributed by atoms with van der Waals surface area (Å²) in [5.74, 6) is 0.184. The minimum atomic E-state index is 0.184. The van der Waals surface area contributed by atoms with Gasteiger partial charge in [-0.1, -0.05) is 0 Å². The van der Waals surface area contributed by atoms with Crippen molar-refractivity contribution in [3.63, 3.8) is 0 Å². The van der Waals surface area contributed by atoms with Gasteiger partial charge in [-0.25, -0.2) is 0 Å². The molecule has 1 amide bonds. The fraction of sp³-hybridized carbons (Fsp3) is 0.900. The largest absolute Gasteiger partial charge is 0.339 e. The lowest BCUT2D eigenvalue weighted by molar-refractivity contribution is -0.130. The first-order valence-corrected chi connectivity index (χ1v) is 5.12. The summed E-state index contributed by atoms with van der Waals surface area (Å²) in [6, 6.07) is 0.839. The van der Waals surface area contributed by atoms with Crippen molar-refractivity contribution in [3.05, 3.63) is 0 Å². The molecule has 0 bridgehead atoms. The van der Waals surface area contributed by atoms with Crippen LogP contribution in [0.15, 0.2) is 0 Å². The minimum absolute atomic E-state index is 0.184. The second-order valence-corrected chi connectivity index (χ2v) is 4.06. The lowest BCUT2D eigenvalue weighted by Crippen LogP contribution is -2.43. The summed E-state index contributed by atoms with van der Waals surface area (Å²) < 4.78 is 0. The van der Waals surface area contributed by atoms with Crippen molar-refractivity contribution in [1.29, 1.82) is 0 Å². The predicted molar refractivity (Wildman–Crippen MR) is 53.5 cm³/mol. The zero-order valence-corrected chi connectivity index (χ0v) is 8.84. The van der Waals surface area contributed by atoms with Crippen molar-refractivity contribution in [3.8, 4) is 0 Å². The highest BCUT2D eigenvalue weighted by atomic mass is 16.2. The standard InChI is InChI=1S/C10H20N2O/c1-8(2)12(9(3)13)7-10-5-4-6-11-10/h8,10-11H,4-7H2,1-3H3. The third-order valence-electron chi connectivity index (χ3n) is 2.61. The van der Waals surface area contributed by atoms with Crippen LogP contribution in [-0.2, 0) is 4.79 Å². The molecule has 1 heterocycles. The molecule has 1 atom stereocenters. The highest BCUT2D eigenvalue weighted by Gasteiger charge is 2.20. The van der Waals surface area contributed by atoms with E-state index in [0.29, 0.717) is 12.1 Å². The molecule has 1 unspecified atom stereocenters. The molecule has 0 aromatic rings. The predicted octanol–water partition coefficient (Wildman–Crippen LogP) is 0.995. The number of carbonyl (C=O) groups is 1. The Labute approximate surface area is 80.5 Å². The molecule has 0 saturated carbocycles. The molecule has 0 radical (unpaired) electrons. The van der Waals surface area contributed by atoms with E-state index < -0.39 is 0 Å². The maximum atomic E-state index is 11.3. The van der Waals surface area contributed by atoms with Gasteiger partial charge in [-0.3, -0.25) is 4.79 Å². The number of nitrogens with one attached hydrogen (secondary N) is 1. The van der Waals surface area contributed by atoms with Gasteiger partial charge < -0.3 is 10.2 Å². The van der Waals surface area contributed by atoms with Gasteiger partial charge in [0.2, 0.25) is 5.91 Å². The third kappa shape index (κ3) is 2.99. The molecule has 1 aliphatic rings. The van der Waals surface area contributed by atoms with Gasteiger partial charge >= 0.3 is 0 Å². The van der Waals surface area contributed by atoms with Crippen LogP contribution in [0.3, 0.4) is 0 Å². The molecule has 0 aromatic heterocycles. The van der Waals surface area contributed by atoms with Crippen LogP contribution in [0.25, 0.3) is 0 Å². The lowest BCUT2D eigenvalue weighted by atomic mass is 10.2. The molecule has 0 spiro atoms. The van der Waals surface area contributed by atoms with E-state index in [1.165, 1.54) is 12.8 Å². The van der Waals surface area contributed by atoms with Gasteiger partial charge in [-0.2, -0.15) is 0 Å². The Bertz CT molecular complexity index is 174. The van der Waals surface area contributed by atoms with Crippen LogP contribution in [-0.4, -0.2) is 36.0 Å². The average molecular weight is 184 g/mol. The molecule has 76 valence electrons. The number of hydrogen-bond acceptors (Lipinski definition) is 2. The van der Waals surface area contributed by atoms with Gasteiger partial charge in [0.25, 0.3) is 0 Å². The van der Waals surface area contributed by atoms with Crippen LogP contribution >= 0.6 is 0 Å². The highest BCUT2D eigenvalue weighted by Crippen LogP contribution is 2.09. The molecule has 3 heteroatoms. The molecular weight excluding hydrogens is 164 g/mol. The zero-order chi connectivity index (χ0) is 9.84. The molecule has 1 aliphatic heterocycles. The Kier molecular flexibility index (Phi) is 3.72. The van der Waals surface area contributed by atoms with Gasteiger partial charge in [0, 0.05) is 25.6 Å². The molecule has 1 N–H and O–H groups in total. The first kappa shape index (κ1) is 10.5. The van der Waals surface area contributed by atoms with E-state index in [-0.39, 0.29) is 5.91 Å². The summed E-state index contributed by atoms with van der Waals surface area (Å²) in [5, 5.41) is 3.40. The van der Waals surface area contributed by atoms with E-state index in [1.807, 2.05) is 4.90 Å². The van der Waals surface area contributed by atoms with Crippen LogP contribution < -0.4 is 5.32 Å². The number of amides is 1. The van der Waals surface area contributed by atoms with Crippen molar-refractivity contribution >= 4 is 5.91 Å². The van der Waals surface area contributed by atoms with Gasteiger partial charge in [0.15, 0.2) is 0 Å². The van der Waals surface area contributed by atoms with Gasteiger partial charge in [0.05, 0.1) is 0 Å². The van der Waals surface area contributed by atoms with Crippen molar-refractivity contribution in [1.82, 2.24) is 10.2 Å². The van der Waals surface area contributed by atoms with Crippen molar-refractivity contribution in [2.45, 2.75) is 45.7 Å². The molecule has 1 fully saturated rings. The molecule has 1 saturated heterocycles. The number of rotatable bonds is 3. The molecule has 0 aromatic carbocycles. The molecule has 13 heavy (non-hydrogen) atoms. The molecule has 3 nitrogen and oxygen atoms in total. The summed E-state index contributed by atoms with van der Waals surface area (Å²) in [5.41, 5.74) is 0. The summed E-state index contributed by atoms with van der Waals surface area (Å²) in [7, 11) is 0. The Balaban J connectivity index is 2.41. The number of carbonyl (C=O) groups excluding carboxylic acids is 1. The first-order valence-electron chi connectivity index (χ1n) is 5.12. The van der Waals surface area contributed by atoms with Crippen LogP contribution in [0.1, 0.15) is 33.6 Å². The summed E-state index contributed by atoms with van der Waals surface area (Å²) >= 11 is 0. The first-order chi connectivity index (χ1) is 6.11. The second kappa shape index (κ2) is 4.61. The Morgan fingerprint density at radius 3 is 2.69 bits per heavy atom. The van der Waals surface area contributed by atoms with Crippen LogP contribution in [0.4, 0.5) is 0 Å². The minimum Gasteiger partial charge on any atom is -0.339 e. The van der Waals surface area contributed by atoms with Crippen LogP contribution in [0, 0.1) is 0 Å². The fourth-order valence-corrected chi connectivity index (χ4v) is 1.85. The van der Waals surface area contributed by atoms with E-state index in [1.54, 1.807) is 6.92 Å². The normalized spacial score (nSPS) is 22.3. The quantitative estimate of drug-likeness (QED) is 0.709. The smallest absolute Gasteiger partial charge is 0.219 e. The van der Waals surface area contributed by atoms with E-state index in [0.717, 1.165) is 13.1 Å². The summed E-state index contributed by atoms with van der Waals surface area (Å²) in [4.78, 5) is 13.2. The number of nitrogens with zero attached hydrogens (tertiary/aromatic N) is 1. The summed E-state index contributed by atoms with van der Waals surface area (Å²) in [6.45, 7) is 7.75. The topological polar surface area (TPSA) is 32.3 Å². The second-order valence-electron chi connectivity index (χ2n) is 4.06. The number of hydrogen-bond donors (Lipinski definition) is 1. The van der Waals surface area contributed by atoms with Gasteiger partial charge in [-0.15, -0.1) is 0 Å². The molecular formula is C10H20N2O. The Morgan fingerprint density at radius 2 is 2.31 bits per heavy atom. The Morgan fingerprint density at radius 1 is 1.62 bits per heavy atom. The Hall–Kier alpha value is -0.570. The van der Waals surface area contributed by atoms with Crippen molar-refractivity contribution in [2.75, 3.05) is 13.1 Å². The molecule has 0 aliphatic carbocycles. The van der Waals surface area contributed by atoms with Crippen molar-refractivity contribution < 1.29 is 4.79 Å². The van der Waals surface area contributed by atoms with E-state index in [9.17, 15) is 4.79 Å². The van der Waals surface area contributed by atoms with E-state index in [4.69, 9.17) is 0 Å². The highest BCUT2D eigenvalue weighted by molar-refractivity contribution is 5.73. The molecule has 1 rings (SSSR count). The van der Waals surface area contributed by atoms with Crippen LogP contribution in [0.2, 0.25) is 0 Å². The maximum absolute atomic E-state index is 11.3. The van der Waals surface area contributed by atoms with Crippen LogP contribution in [0.5, 0.6) is 0 Å². The maximum Gasteiger partial charge on any atom is 0.219 e. The third-order valence-corrected chi connectivity index (χ3v) is 2.61. The fourth-order valence-electron chi connectivity index (χ4n) is 1.85. The van der Waals surface area contributed by atoms with Gasteiger partial charge in [0.1, 0.15) is 0 Å². The average Bonchev–Trinajstić information content (AvgIpc) is 2.50. The lowest BCUT2D eigenvalue weighted by Gasteiger charge is -2.28. The van der Waals surface area contributed by atoms with E-state index >= 15 is 0 Å². The monoisotopic (exact) mass is 184 g/mol.